The van der Waals surface area contributed by atoms with Crippen molar-refractivity contribution in [3.8, 4) is 11.5 Å². The monoisotopic (exact) mass is 182 g/mol. The largest absolute Gasteiger partial charge is 0.508 e. The summed E-state index contributed by atoms with van der Waals surface area (Å²) in [6.07, 6.45) is 0.736. The van der Waals surface area contributed by atoms with Crippen LogP contribution in [0.1, 0.15) is 31.9 Å². The van der Waals surface area contributed by atoms with Gasteiger partial charge in [0.2, 0.25) is 0 Å². The predicted molar refractivity (Wildman–Crippen MR) is 55.2 cm³/mol. The summed E-state index contributed by atoms with van der Waals surface area (Å²) in [5.74, 6) is 0.516. The van der Waals surface area contributed by atoms with Gasteiger partial charge in [-0.3, -0.25) is 0 Å². The van der Waals surface area contributed by atoms with E-state index in [0.29, 0.717) is 5.56 Å². The van der Waals surface area contributed by atoms with Gasteiger partial charge in [0.25, 0.3) is 0 Å². The van der Waals surface area contributed by atoms with E-state index in [1.165, 1.54) is 0 Å². The van der Waals surface area contributed by atoms with Crippen molar-refractivity contribution in [3.05, 3.63) is 23.3 Å². The SMILES string of the molecule is CC.CCc1cc(O)c(C)cc1O. The van der Waals surface area contributed by atoms with Gasteiger partial charge in [-0.2, -0.15) is 0 Å². The zero-order valence-electron chi connectivity index (χ0n) is 8.76. The minimum Gasteiger partial charge on any atom is -0.508 e. The Hall–Kier alpha value is -1.18. The number of phenolic OH excluding ortho intramolecular Hbond substituents is 2. The molecule has 0 saturated heterocycles. The van der Waals surface area contributed by atoms with Crippen molar-refractivity contribution in [1.29, 1.82) is 0 Å². The van der Waals surface area contributed by atoms with Gasteiger partial charge in [-0.1, -0.05) is 20.8 Å². The summed E-state index contributed by atoms with van der Waals surface area (Å²) in [5.41, 5.74) is 1.49. The van der Waals surface area contributed by atoms with Crippen LogP contribution in [0, 0.1) is 6.92 Å². The van der Waals surface area contributed by atoms with Gasteiger partial charge in [0.1, 0.15) is 11.5 Å². The Kier molecular flexibility index (Phi) is 4.97. The zero-order valence-corrected chi connectivity index (χ0v) is 8.76. The summed E-state index contributed by atoms with van der Waals surface area (Å²) < 4.78 is 0. The van der Waals surface area contributed by atoms with E-state index < -0.39 is 0 Å². The van der Waals surface area contributed by atoms with Crippen LogP contribution in [0.15, 0.2) is 12.1 Å². The van der Waals surface area contributed by atoms with E-state index in [9.17, 15) is 10.2 Å². The van der Waals surface area contributed by atoms with Crippen LogP contribution in [-0.2, 0) is 6.42 Å². The van der Waals surface area contributed by atoms with E-state index in [2.05, 4.69) is 0 Å². The van der Waals surface area contributed by atoms with Gasteiger partial charge < -0.3 is 10.2 Å². The molecule has 0 unspecified atom stereocenters. The van der Waals surface area contributed by atoms with Crippen molar-refractivity contribution in [2.24, 2.45) is 0 Å². The smallest absolute Gasteiger partial charge is 0.119 e. The summed E-state index contributed by atoms with van der Waals surface area (Å²) >= 11 is 0. The normalized spacial score (nSPS) is 8.92. The number of benzene rings is 1. The number of rotatable bonds is 1. The average molecular weight is 182 g/mol. The zero-order chi connectivity index (χ0) is 10.4. The Balaban J connectivity index is 0.000000671. The van der Waals surface area contributed by atoms with Gasteiger partial charge in [0.05, 0.1) is 0 Å². The number of hydrogen-bond acceptors (Lipinski definition) is 2. The van der Waals surface area contributed by atoms with Crippen LogP contribution < -0.4 is 0 Å². The Morgan fingerprint density at radius 3 is 2.08 bits per heavy atom. The summed E-state index contributed by atoms with van der Waals surface area (Å²) in [4.78, 5) is 0. The van der Waals surface area contributed by atoms with Crippen LogP contribution in [-0.4, -0.2) is 10.2 Å². The molecule has 2 nitrogen and oxygen atoms in total. The molecule has 2 N–H and O–H groups in total. The standard InChI is InChI=1S/C9H12O2.C2H6/c1-3-7-5-8(10)6(2)4-9(7)11;1-2/h4-5,10-11H,3H2,1-2H3;1-2H3. The van der Waals surface area contributed by atoms with Crippen molar-refractivity contribution in [2.75, 3.05) is 0 Å². The first kappa shape index (κ1) is 11.8. The molecule has 0 saturated carbocycles. The second-order valence-electron chi connectivity index (χ2n) is 2.62. The third-order valence-corrected chi connectivity index (χ3v) is 1.78. The first-order valence-electron chi connectivity index (χ1n) is 4.66. The minimum atomic E-state index is 0.250. The Labute approximate surface area is 79.9 Å². The van der Waals surface area contributed by atoms with Crippen LogP contribution in [0.3, 0.4) is 0 Å². The summed E-state index contributed by atoms with van der Waals surface area (Å²) in [6.45, 7) is 7.69. The van der Waals surface area contributed by atoms with Gasteiger partial charge in [-0.25, -0.2) is 0 Å². The first-order valence-corrected chi connectivity index (χ1v) is 4.66. The molecule has 2 heteroatoms. The van der Waals surface area contributed by atoms with Crippen LogP contribution in [0.2, 0.25) is 0 Å². The Bertz CT molecular complexity index is 267. The molecule has 0 heterocycles. The van der Waals surface area contributed by atoms with Crippen molar-refractivity contribution >= 4 is 0 Å². The molecule has 0 bridgehead atoms. The molecule has 0 atom stereocenters. The van der Waals surface area contributed by atoms with E-state index in [-0.39, 0.29) is 11.5 Å². The van der Waals surface area contributed by atoms with Gasteiger partial charge in [0.15, 0.2) is 0 Å². The molecular weight excluding hydrogens is 164 g/mol. The third kappa shape index (κ3) is 2.98. The van der Waals surface area contributed by atoms with Crippen molar-refractivity contribution in [3.63, 3.8) is 0 Å². The van der Waals surface area contributed by atoms with E-state index in [1.807, 2.05) is 20.8 Å². The maximum Gasteiger partial charge on any atom is 0.119 e. The third-order valence-electron chi connectivity index (χ3n) is 1.78. The Morgan fingerprint density at radius 1 is 1.08 bits per heavy atom. The molecule has 0 amide bonds. The lowest BCUT2D eigenvalue weighted by atomic mass is 10.1. The van der Waals surface area contributed by atoms with E-state index in [1.54, 1.807) is 19.1 Å². The quantitative estimate of drug-likeness (QED) is 0.655. The molecular formula is C11H18O2. The van der Waals surface area contributed by atoms with Crippen LogP contribution in [0.5, 0.6) is 11.5 Å². The maximum atomic E-state index is 9.30. The second-order valence-corrected chi connectivity index (χ2v) is 2.62. The van der Waals surface area contributed by atoms with Gasteiger partial charge in [0, 0.05) is 0 Å². The van der Waals surface area contributed by atoms with Crippen LogP contribution in [0.4, 0.5) is 0 Å². The van der Waals surface area contributed by atoms with E-state index in [4.69, 9.17) is 0 Å². The highest BCUT2D eigenvalue weighted by Gasteiger charge is 2.02. The molecule has 0 aromatic heterocycles. The summed E-state index contributed by atoms with van der Waals surface area (Å²) in [6, 6.07) is 3.18. The molecule has 1 aromatic rings. The molecule has 0 radical (unpaired) electrons. The molecule has 13 heavy (non-hydrogen) atoms. The molecule has 0 spiro atoms. The number of hydrogen-bond donors (Lipinski definition) is 2. The van der Waals surface area contributed by atoms with Crippen LogP contribution >= 0.6 is 0 Å². The first-order chi connectivity index (χ1) is 6.15. The highest BCUT2D eigenvalue weighted by atomic mass is 16.3. The fourth-order valence-corrected chi connectivity index (χ4v) is 1.01. The average Bonchev–Trinajstić information content (AvgIpc) is 2.15. The summed E-state index contributed by atoms with van der Waals surface area (Å²) in [5, 5.41) is 18.5. The second kappa shape index (κ2) is 5.46. The molecule has 0 aliphatic heterocycles. The van der Waals surface area contributed by atoms with Gasteiger partial charge in [-0.05, 0) is 36.6 Å². The van der Waals surface area contributed by atoms with Crippen molar-refractivity contribution < 1.29 is 10.2 Å². The predicted octanol–water partition coefficient (Wildman–Crippen LogP) is 2.99. The number of phenols is 2. The highest BCUT2D eigenvalue weighted by Crippen LogP contribution is 2.26. The molecule has 0 aliphatic carbocycles. The summed E-state index contributed by atoms with van der Waals surface area (Å²) in [7, 11) is 0. The lowest BCUT2D eigenvalue weighted by Crippen LogP contribution is -1.83. The molecule has 1 aromatic carbocycles. The lowest BCUT2D eigenvalue weighted by Gasteiger charge is -2.04. The fourth-order valence-electron chi connectivity index (χ4n) is 1.01. The topological polar surface area (TPSA) is 40.5 Å². The highest BCUT2D eigenvalue weighted by molar-refractivity contribution is 5.44. The van der Waals surface area contributed by atoms with Crippen molar-refractivity contribution in [1.82, 2.24) is 0 Å². The molecule has 0 aliphatic rings. The maximum absolute atomic E-state index is 9.30. The molecule has 0 fully saturated rings. The fraction of sp³-hybridized carbons (Fsp3) is 0.455. The van der Waals surface area contributed by atoms with E-state index in [0.717, 1.165) is 12.0 Å². The number of aromatic hydroxyl groups is 2. The molecule has 1 rings (SSSR count). The Morgan fingerprint density at radius 2 is 1.62 bits per heavy atom. The van der Waals surface area contributed by atoms with E-state index >= 15 is 0 Å². The minimum absolute atomic E-state index is 0.250. The number of aryl methyl sites for hydroxylation is 2. The van der Waals surface area contributed by atoms with Crippen LogP contribution in [0.25, 0.3) is 0 Å². The van der Waals surface area contributed by atoms with Gasteiger partial charge >= 0.3 is 0 Å². The van der Waals surface area contributed by atoms with Crippen molar-refractivity contribution in [2.45, 2.75) is 34.1 Å². The molecule has 74 valence electrons. The van der Waals surface area contributed by atoms with Gasteiger partial charge in [-0.15, -0.1) is 0 Å². The lowest BCUT2D eigenvalue weighted by molar-refractivity contribution is 0.451.